The molecular weight excluding hydrogens is 120 g/mol. The lowest BCUT2D eigenvalue weighted by Gasteiger charge is -2.16. The molecule has 0 spiro atoms. The highest BCUT2D eigenvalue weighted by Gasteiger charge is 2.15. The highest BCUT2D eigenvalue weighted by molar-refractivity contribution is 5.74. The van der Waals surface area contributed by atoms with Crippen molar-refractivity contribution in [2.75, 3.05) is 6.54 Å². The molecule has 4 nitrogen and oxygen atoms in total. The number of aliphatic carboxylic acids is 1. The Labute approximate surface area is 52.6 Å². The van der Waals surface area contributed by atoms with Gasteiger partial charge in [-0.05, 0) is 0 Å². The first-order chi connectivity index (χ1) is 4.30. The van der Waals surface area contributed by atoms with E-state index in [-0.39, 0.29) is 0 Å². The molecule has 0 saturated heterocycles. The van der Waals surface area contributed by atoms with Crippen LogP contribution < -0.4 is 10.6 Å². The first-order valence-corrected chi connectivity index (χ1v) is 2.68. The van der Waals surface area contributed by atoms with Crippen molar-refractivity contribution in [1.82, 2.24) is 10.6 Å². The van der Waals surface area contributed by atoms with Gasteiger partial charge in [-0.2, -0.15) is 0 Å². The van der Waals surface area contributed by atoms with Gasteiger partial charge in [-0.25, -0.2) is 4.79 Å². The lowest BCUT2D eigenvalue weighted by Crippen LogP contribution is -2.43. The predicted molar refractivity (Wildman–Crippen MR) is 31.7 cm³/mol. The number of rotatable bonds is 1. The number of carbonyl (C=O) groups is 1. The summed E-state index contributed by atoms with van der Waals surface area (Å²) in [5, 5.41) is 13.9. The smallest absolute Gasteiger partial charge is 0.327 e. The Bertz CT molecular complexity index is 144. The van der Waals surface area contributed by atoms with Gasteiger partial charge in [-0.15, -0.1) is 0 Å². The number of hydrogen-bond acceptors (Lipinski definition) is 3. The van der Waals surface area contributed by atoms with E-state index >= 15 is 0 Å². The Morgan fingerprint density at radius 1 is 1.67 bits per heavy atom. The third-order valence-corrected chi connectivity index (χ3v) is 1.12. The SMILES string of the molecule is O=C(O)[C@H]1CNC=CN1. The van der Waals surface area contributed by atoms with Crippen LogP contribution in [-0.2, 0) is 4.79 Å². The Hall–Kier alpha value is -1.19. The molecule has 0 unspecified atom stereocenters. The fourth-order valence-corrected chi connectivity index (χ4v) is 0.627. The van der Waals surface area contributed by atoms with E-state index < -0.39 is 12.0 Å². The highest BCUT2D eigenvalue weighted by atomic mass is 16.4. The Balaban J connectivity index is 2.44. The van der Waals surface area contributed by atoms with Crippen LogP contribution in [0.2, 0.25) is 0 Å². The first kappa shape index (κ1) is 5.94. The third kappa shape index (κ3) is 1.35. The van der Waals surface area contributed by atoms with Gasteiger partial charge in [0, 0.05) is 18.9 Å². The molecule has 0 aromatic heterocycles. The monoisotopic (exact) mass is 128 g/mol. The maximum absolute atomic E-state index is 10.2. The minimum Gasteiger partial charge on any atom is -0.480 e. The average Bonchev–Trinajstić information content (AvgIpc) is 1.90. The molecule has 0 saturated carbocycles. The van der Waals surface area contributed by atoms with Gasteiger partial charge in [0.25, 0.3) is 0 Å². The van der Waals surface area contributed by atoms with Gasteiger partial charge >= 0.3 is 5.97 Å². The molecule has 0 aliphatic carbocycles. The van der Waals surface area contributed by atoms with E-state index in [2.05, 4.69) is 10.6 Å². The van der Waals surface area contributed by atoms with Crippen molar-refractivity contribution in [3.05, 3.63) is 12.4 Å². The topological polar surface area (TPSA) is 61.4 Å². The lowest BCUT2D eigenvalue weighted by molar-refractivity contribution is -0.139. The van der Waals surface area contributed by atoms with Gasteiger partial charge in [0.2, 0.25) is 0 Å². The average molecular weight is 128 g/mol. The number of carboxylic acid groups (broad SMARTS) is 1. The van der Waals surface area contributed by atoms with Crippen LogP contribution in [0, 0.1) is 0 Å². The van der Waals surface area contributed by atoms with Gasteiger partial charge in [0.15, 0.2) is 0 Å². The molecule has 1 heterocycles. The van der Waals surface area contributed by atoms with Crippen molar-refractivity contribution >= 4 is 5.97 Å². The minimum absolute atomic E-state index is 0.450. The van der Waals surface area contributed by atoms with Gasteiger partial charge in [0.1, 0.15) is 6.04 Å². The minimum atomic E-state index is -0.827. The summed E-state index contributed by atoms with van der Waals surface area (Å²) in [6, 6.07) is -0.477. The van der Waals surface area contributed by atoms with Crippen LogP contribution in [0.3, 0.4) is 0 Å². The zero-order chi connectivity index (χ0) is 6.69. The zero-order valence-corrected chi connectivity index (χ0v) is 4.79. The second-order valence-electron chi connectivity index (χ2n) is 1.80. The molecule has 4 heteroatoms. The maximum Gasteiger partial charge on any atom is 0.327 e. The second kappa shape index (κ2) is 2.39. The van der Waals surface area contributed by atoms with E-state index in [0.29, 0.717) is 6.54 Å². The number of carboxylic acids is 1. The summed E-state index contributed by atoms with van der Waals surface area (Å²) in [5.74, 6) is -0.827. The standard InChI is InChI=1S/C5H8N2O2/c8-5(9)4-3-6-1-2-7-4/h1-2,4,6-7H,3H2,(H,8,9)/t4-/m1/s1. The van der Waals surface area contributed by atoms with Crippen molar-refractivity contribution in [3.8, 4) is 0 Å². The molecular formula is C5H8N2O2. The molecule has 0 aromatic rings. The molecule has 0 fully saturated rings. The first-order valence-electron chi connectivity index (χ1n) is 2.68. The quantitative estimate of drug-likeness (QED) is 0.428. The van der Waals surface area contributed by atoms with Crippen molar-refractivity contribution in [2.24, 2.45) is 0 Å². The van der Waals surface area contributed by atoms with Crippen molar-refractivity contribution in [1.29, 1.82) is 0 Å². The second-order valence-corrected chi connectivity index (χ2v) is 1.80. The van der Waals surface area contributed by atoms with Crippen molar-refractivity contribution in [3.63, 3.8) is 0 Å². The molecule has 3 N–H and O–H groups in total. The highest BCUT2D eigenvalue weighted by Crippen LogP contribution is 1.86. The van der Waals surface area contributed by atoms with Crippen LogP contribution in [0.5, 0.6) is 0 Å². The van der Waals surface area contributed by atoms with Crippen LogP contribution in [0.15, 0.2) is 12.4 Å². The van der Waals surface area contributed by atoms with Gasteiger partial charge in [0.05, 0.1) is 0 Å². The van der Waals surface area contributed by atoms with Crippen molar-refractivity contribution < 1.29 is 9.90 Å². The summed E-state index contributed by atoms with van der Waals surface area (Å²) in [6.07, 6.45) is 3.27. The summed E-state index contributed by atoms with van der Waals surface area (Å²) >= 11 is 0. The molecule has 0 radical (unpaired) electrons. The Morgan fingerprint density at radius 3 is 2.78 bits per heavy atom. The molecule has 9 heavy (non-hydrogen) atoms. The fraction of sp³-hybridized carbons (Fsp3) is 0.400. The van der Waals surface area contributed by atoms with E-state index in [1.807, 2.05) is 0 Å². The Kier molecular flexibility index (Phi) is 1.58. The van der Waals surface area contributed by atoms with Crippen molar-refractivity contribution in [2.45, 2.75) is 6.04 Å². The van der Waals surface area contributed by atoms with Crippen LogP contribution in [0.25, 0.3) is 0 Å². The number of hydrogen-bond donors (Lipinski definition) is 3. The Morgan fingerprint density at radius 2 is 2.44 bits per heavy atom. The molecule has 1 atom stereocenters. The van der Waals surface area contributed by atoms with Crippen LogP contribution in [0.1, 0.15) is 0 Å². The summed E-state index contributed by atoms with van der Waals surface area (Å²) in [5.41, 5.74) is 0. The molecule has 1 rings (SSSR count). The fourth-order valence-electron chi connectivity index (χ4n) is 0.627. The van der Waals surface area contributed by atoms with E-state index in [1.165, 1.54) is 0 Å². The van der Waals surface area contributed by atoms with Crippen LogP contribution in [-0.4, -0.2) is 23.7 Å². The molecule has 1 aliphatic heterocycles. The molecule has 0 aromatic carbocycles. The van der Waals surface area contributed by atoms with Gasteiger partial charge in [-0.1, -0.05) is 0 Å². The molecule has 0 amide bonds. The summed E-state index contributed by atoms with van der Waals surface area (Å²) in [6.45, 7) is 0.450. The summed E-state index contributed by atoms with van der Waals surface area (Å²) in [4.78, 5) is 10.2. The zero-order valence-electron chi connectivity index (χ0n) is 4.79. The van der Waals surface area contributed by atoms with Crippen LogP contribution >= 0.6 is 0 Å². The molecule has 50 valence electrons. The normalized spacial score (nSPS) is 24.2. The lowest BCUT2D eigenvalue weighted by atomic mass is 10.3. The third-order valence-electron chi connectivity index (χ3n) is 1.12. The van der Waals surface area contributed by atoms with E-state index in [1.54, 1.807) is 12.4 Å². The number of nitrogens with one attached hydrogen (secondary N) is 2. The van der Waals surface area contributed by atoms with E-state index in [9.17, 15) is 4.79 Å². The van der Waals surface area contributed by atoms with E-state index in [4.69, 9.17) is 5.11 Å². The summed E-state index contributed by atoms with van der Waals surface area (Å²) in [7, 11) is 0. The van der Waals surface area contributed by atoms with Gasteiger partial charge < -0.3 is 15.7 Å². The van der Waals surface area contributed by atoms with E-state index in [0.717, 1.165) is 0 Å². The molecule has 0 bridgehead atoms. The van der Waals surface area contributed by atoms with Gasteiger partial charge in [-0.3, -0.25) is 0 Å². The summed E-state index contributed by atoms with van der Waals surface area (Å²) < 4.78 is 0. The molecule has 1 aliphatic rings. The predicted octanol–water partition coefficient (Wildman–Crippen LogP) is -0.896. The largest absolute Gasteiger partial charge is 0.480 e. The van der Waals surface area contributed by atoms with Crippen LogP contribution in [0.4, 0.5) is 0 Å². The maximum atomic E-state index is 10.2.